The van der Waals surface area contributed by atoms with Gasteiger partial charge in [0.1, 0.15) is 5.75 Å². The molecule has 0 aliphatic heterocycles. The number of para-hydroxylation sites is 1. The molecular formula is C22H25ClN2O5. The minimum Gasteiger partial charge on any atom is -0.495 e. The average molecular weight is 433 g/mol. The van der Waals surface area contributed by atoms with Crippen molar-refractivity contribution >= 4 is 40.8 Å². The summed E-state index contributed by atoms with van der Waals surface area (Å²) >= 11 is 5.93. The molecule has 0 fully saturated rings. The average Bonchev–Trinajstić information content (AvgIpc) is 2.69. The van der Waals surface area contributed by atoms with Gasteiger partial charge in [0.15, 0.2) is 6.61 Å². The normalized spacial score (nSPS) is 10.3. The van der Waals surface area contributed by atoms with Crippen molar-refractivity contribution in [2.45, 2.75) is 33.1 Å². The number of esters is 1. The Morgan fingerprint density at radius 1 is 0.967 bits per heavy atom. The molecule has 0 aromatic heterocycles. The smallest absolute Gasteiger partial charge is 0.306 e. The van der Waals surface area contributed by atoms with Crippen LogP contribution in [0.3, 0.4) is 0 Å². The van der Waals surface area contributed by atoms with Gasteiger partial charge in [-0.05, 0) is 49.6 Å². The summed E-state index contributed by atoms with van der Waals surface area (Å²) in [6.07, 6.45) is 0.419. The van der Waals surface area contributed by atoms with Gasteiger partial charge in [0, 0.05) is 23.6 Å². The lowest BCUT2D eigenvalue weighted by atomic mass is 10.1. The molecule has 0 radical (unpaired) electrons. The molecule has 0 saturated carbocycles. The van der Waals surface area contributed by atoms with E-state index in [0.29, 0.717) is 22.1 Å². The maximum atomic E-state index is 12.1. The minimum absolute atomic E-state index is 0.0246. The van der Waals surface area contributed by atoms with Crippen molar-refractivity contribution in [1.82, 2.24) is 0 Å². The number of carbonyl (C=O) groups excluding carboxylic acids is 3. The van der Waals surface area contributed by atoms with Gasteiger partial charge in [-0.15, -0.1) is 0 Å². The van der Waals surface area contributed by atoms with Crippen LogP contribution < -0.4 is 15.4 Å². The van der Waals surface area contributed by atoms with E-state index in [0.717, 1.165) is 11.1 Å². The molecule has 0 bridgehead atoms. The number of nitrogens with one attached hydrogen (secondary N) is 2. The number of methoxy groups -OCH3 is 1. The van der Waals surface area contributed by atoms with Crippen LogP contribution in [0.5, 0.6) is 5.75 Å². The Kier molecular flexibility index (Phi) is 8.68. The molecule has 2 aromatic carbocycles. The number of hydrogen-bond donors (Lipinski definition) is 2. The summed E-state index contributed by atoms with van der Waals surface area (Å²) in [6, 6.07) is 10.6. The third kappa shape index (κ3) is 7.08. The zero-order valence-electron chi connectivity index (χ0n) is 17.2. The predicted octanol–water partition coefficient (Wildman–Crippen LogP) is 4.26. The van der Waals surface area contributed by atoms with E-state index in [1.54, 1.807) is 18.2 Å². The predicted molar refractivity (Wildman–Crippen MR) is 116 cm³/mol. The molecule has 2 N–H and O–H groups in total. The van der Waals surface area contributed by atoms with Crippen LogP contribution in [0.1, 0.15) is 30.4 Å². The summed E-state index contributed by atoms with van der Waals surface area (Å²) in [5, 5.41) is 5.91. The van der Waals surface area contributed by atoms with Crippen LogP contribution in [0.25, 0.3) is 0 Å². The standard InChI is InChI=1S/C22H25ClN2O5/c1-14-6-4-7-15(2)22(14)25-20(27)13-30-21(28)9-5-8-19(26)24-17-12-16(23)10-11-18(17)29-3/h4,6-7,10-12H,5,8-9,13H2,1-3H3,(H,24,26)(H,25,27). The zero-order chi connectivity index (χ0) is 22.1. The largest absolute Gasteiger partial charge is 0.495 e. The molecule has 2 amide bonds. The van der Waals surface area contributed by atoms with Crippen molar-refractivity contribution in [3.8, 4) is 5.75 Å². The van der Waals surface area contributed by atoms with Crippen LogP contribution in [0.2, 0.25) is 5.02 Å². The highest BCUT2D eigenvalue weighted by atomic mass is 35.5. The lowest BCUT2D eigenvalue weighted by molar-refractivity contribution is -0.147. The Hall–Kier alpha value is -3.06. The third-order valence-corrected chi connectivity index (χ3v) is 4.57. The van der Waals surface area contributed by atoms with Crippen molar-refractivity contribution in [2.75, 3.05) is 24.4 Å². The molecule has 0 aliphatic rings. The number of ether oxygens (including phenoxy) is 2. The molecule has 2 rings (SSSR count). The second-order valence-electron chi connectivity index (χ2n) is 6.72. The van der Waals surface area contributed by atoms with Crippen LogP contribution in [0.15, 0.2) is 36.4 Å². The highest BCUT2D eigenvalue weighted by Crippen LogP contribution is 2.27. The molecule has 0 unspecified atom stereocenters. The minimum atomic E-state index is -0.542. The van der Waals surface area contributed by atoms with Crippen LogP contribution in [-0.2, 0) is 19.1 Å². The fraction of sp³-hybridized carbons (Fsp3) is 0.318. The van der Waals surface area contributed by atoms with Crippen molar-refractivity contribution in [3.63, 3.8) is 0 Å². The van der Waals surface area contributed by atoms with Crippen LogP contribution in [0, 0.1) is 13.8 Å². The van der Waals surface area contributed by atoms with E-state index in [9.17, 15) is 14.4 Å². The molecular weight excluding hydrogens is 408 g/mol. The van der Waals surface area contributed by atoms with E-state index in [4.69, 9.17) is 21.1 Å². The first kappa shape index (κ1) is 23.2. The van der Waals surface area contributed by atoms with E-state index in [1.165, 1.54) is 7.11 Å². The maximum Gasteiger partial charge on any atom is 0.306 e. The number of benzene rings is 2. The Labute approximate surface area is 180 Å². The lowest BCUT2D eigenvalue weighted by Gasteiger charge is -2.12. The highest BCUT2D eigenvalue weighted by Gasteiger charge is 2.12. The fourth-order valence-corrected chi connectivity index (χ4v) is 2.96. The van der Waals surface area contributed by atoms with Crippen LogP contribution >= 0.6 is 11.6 Å². The van der Waals surface area contributed by atoms with Gasteiger partial charge in [-0.1, -0.05) is 29.8 Å². The summed E-state index contributed by atoms with van der Waals surface area (Å²) in [5.74, 6) is -0.746. The fourth-order valence-electron chi connectivity index (χ4n) is 2.79. The van der Waals surface area contributed by atoms with E-state index in [1.807, 2.05) is 32.0 Å². The Morgan fingerprint density at radius 2 is 1.67 bits per heavy atom. The Morgan fingerprint density at radius 3 is 2.33 bits per heavy atom. The van der Waals surface area contributed by atoms with Gasteiger partial charge in [-0.3, -0.25) is 14.4 Å². The number of amides is 2. The summed E-state index contributed by atoms with van der Waals surface area (Å²) < 4.78 is 10.2. The first-order chi connectivity index (χ1) is 14.3. The van der Waals surface area contributed by atoms with E-state index in [2.05, 4.69) is 10.6 Å². The van der Waals surface area contributed by atoms with Crippen molar-refractivity contribution in [3.05, 3.63) is 52.5 Å². The quantitative estimate of drug-likeness (QED) is 0.577. The Bertz CT molecular complexity index is 909. The number of halogens is 1. The number of hydrogen-bond acceptors (Lipinski definition) is 5. The summed E-state index contributed by atoms with van der Waals surface area (Å²) in [6.45, 7) is 3.40. The second-order valence-corrected chi connectivity index (χ2v) is 7.16. The molecule has 7 nitrogen and oxygen atoms in total. The molecule has 0 saturated heterocycles. The Balaban J connectivity index is 1.71. The summed E-state index contributed by atoms with van der Waals surface area (Å²) in [5.41, 5.74) is 3.03. The number of aryl methyl sites for hydroxylation is 2. The number of anilines is 2. The van der Waals surface area contributed by atoms with Gasteiger partial charge < -0.3 is 20.1 Å². The lowest BCUT2D eigenvalue weighted by Crippen LogP contribution is -2.22. The molecule has 8 heteroatoms. The molecule has 0 atom stereocenters. The van der Waals surface area contributed by atoms with E-state index >= 15 is 0 Å². The molecule has 160 valence electrons. The summed E-state index contributed by atoms with van der Waals surface area (Å²) in [4.78, 5) is 35.9. The van der Waals surface area contributed by atoms with Crippen molar-refractivity contribution < 1.29 is 23.9 Å². The first-order valence-corrected chi connectivity index (χ1v) is 9.83. The van der Waals surface area contributed by atoms with Gasteiger partial charge in [-0.2, -0.15) is 0 Å². The maximum absolute atomic E-state index is 12.1. The SMILES string of the molecule is COc1ccc(Cl)cc1NC(=O)CCCC(=O)OCC(=O)Nc1c(C)cccc1C. The molecule has 0 heterocycles. The molecule has 2 aromatic rings. The number of carbonyl (C=O) groups is 3. The van der Waals surface area contributed by atoms with Gasteiger partial charge in [0.2, 0.25) is 5.91 Å². The summed E-state index contributed by atoms with van der Waals surface area (Å²) in [7, 11) is 1.49. The first-order valence-electron chi connectivity index (χ1n) is 9.45. The van der Waals surface area contributed by atoms with Crippen LogP contribution in [0.4, 0.5) is 11.4 Å². The van der Waals surface area contributed by atoms with Crippen LogP contribution in [-0.4, -0.2) is 31.5 Å². The van der Waals surface area contributed by atoms with Crippen molar-refractivity contribution in [2.24, 2.45) is 0 Å². The zero-order valence-corrected chi connectivity index (χ0v) is 18.0. The number of rotatable bonds is 9. The highest BCUT2D eigenvalue weighted by molar-refractivity contribution is 6.31. The topological polar surface area (TPSA) is 93.7 Å². The van der Waals surface area contributed by atoms with Gasteiger partial charge >= 0.3 is 5.97 Å². The monoisotopic (exact) mass is 432 g/mol. The van der Waals surface area contributed by atoms with Crippen molar-refractivity contribution in [1.29, 1.82) is 0 Å². The third-order valence-electron chi connectivity index (χ3n) is 4.33. The van der Waals surface area contributed by atoms with Gasteiger partial charge in [-0.25, -0.2) is 0 Å². The molecule has 30 heavy (non-hydrogen) atoms. The van der Waals surface area contributed by atoms with E-state index in [-0.39, 0.29) is 31.8 Å². The van der Waals surface area contributed by atoms with E-state index < -0.39 is 11.9 Å². The molecule has 0 aliphatic carbocycles. The second kappa shape index (κ2) is 11.2. The van der Waals surface area contributed by atoms with Gasteiger partial charge in [0.25, 0.3) is 5.91 Å². The van der Waals surface area contributed by atoms with Gasteiger partial charge in [0.05, 0.1) is 12.8 Å². The molecule has 0 spiro atoms.